The van der Waals surface area contributed by atoms with E-state index < -0.39 is 43.3 Å². The summed E-state index contributed by atoms with van der Waals surface area (Å²) in [7, 11) is -0.732. The van der Waals surface area contributed by atoms with Crippen LogP contribution in [-0.4, -0.2) is 122 Å². The standard InChI is InChI=1S/C20H20ClFN6O4S.C15H13ClFN3O3.C5H9N3O2S.CH3I.BH.U/c1-12-14(7-23-27(12)2)33(30,31)26-18(29)13-3-4-15(24-17(13)21)28-6-5-16(25-28)32-11-19-8-20(22,9-19)10-19;16-12-9(13(21)22)1-2-10(18-12)20-4-3-11(19-20)23-8-14-5-15(17,6-14)7-14;1-4-5(11(6,9)10)3-7-8(4)2;1-2;;/h3-7H,8-11H2,1-2H3,(H,26,29);1-4H,5-8H2,(H,21,22);3H,1-2H3,(H2,6,9,10);1H3;1H;/i;;;2*1D;. The van der Waals surface area contributed by atoms with Gasteiger partial charge in [0, 0.05) is 90.3 Å². The predicted octanol–water partition coefficient (Wildman–Crippen LogP) is 5.02. The molecule has 4 N–H and O–H groups in total. The molecule has 0 unspecified atom stereocenters. The monoisotopic (exact) mass is 1400 g/mol. The number of carbonyl (C=O) groups is 2. The van der Waals surface area contributed by atoms with Crippen LogP contribution in [0, 0.1) is 55.8 Å². The van der Waals surface area contributed by atoms with Crippen LogP contribution in [0.3, 0.4) is 0 Å². The van der Waals surface area contributed by atoms with Crippen molar-refractivity contribution >= 4 is 86.1 Å². The number of amides is 1. The van der Waals surface area contributed by atoms with Crippen molar-refractivity contribution in [2.24, 2.45) is 30.1 Å². The first kappa shape index (κ1) is 54.6. The predicted molar refractivity (Wildman–Crippen MR) is 260 cm³/mol. The van der Waals surface area contributed by atoms with Crippen molar-refractivity contribution in [2.75, 3.05) is 18.1 Å². The molecule has 6 heterocycles. The van der Waals surface area contributed by atoms with Gasteiger partial charge in [-0.05, 0) is 82.9 Å². The number of primary sulfonamides is 1. The molecule has 21 nitrogen and oxygen atoms in total. The summed E-state index contributed by atoms with van der Waals surface area (Å²) in [6.07, 6.45) is 9.01. The third kappa shape index (κ3) is 12.4. The molecule has 0 aromatic carbocycles. The van der Waals surface area contributed by atoms with E-state index in [2.05, 4.69) is 38.7 Å². The maximum Gasteiger partial charge on any atom is 0.338 e. The zero-order valence-corrected chi connectivity index (χ0v) is 47.6. The molecule has 71 heavy (non-hydrogen) atoms. The summed E-state index contributed by atoms with van der Waals surface area (Å²) in [4.78, 5) is 32.1. The van der Waals surface area contributed by atoms with Gasteiger partial charge < -0.3 is 14.6 Å². The maximum absolute atomic E-state index is 13.6. The Kier molecular flexibility index (Phi) is 16.7. The first-order chi connectivity index (χ1) is 33.7. The van der Waals surface area contributed by atoms with E-state index in [0.717, 1.165) is 6.20 Å². The van der Waals surface area contributed by atoms with Crippen molar-refractivity contribution < 1.29 is 82.3 Å². The van der Waals surface area contributed by atoms with Crippen LogP contribution in [0.25, 0.3) is 11.6 Å². The number of rotatable bonds is 13. The van der Waals surface area contributed by atoms with Gasteiger partial charge in [0.05, 0.1) is 48.1 Å². The number of ether oxygens (including phenoxy) is 2. The van der Waals surface area contributed by atoms with Crippen molar-refractivity contribution in [3.63, 3.8) is 0 Å². The number of nitrogens with two attached hydrogens (primary N) is 1. The molecule has 0 atom stereocenters. The Morgan fingerprint density at radius 3 is 1.52 bits per heavy atom. The number of alkyl halides is 3. The number of aryl methyl sites for hydroxylation is 2. The number of sulfonamides is 2. The quantitative estimate of drug-likeness (QED) is 0.0593. The van der Waals surface area contributed by atoms with E-state index >= 15 is 0 Å². The Morgan fingerprint density at radius 1 is 0.803 bits per heavy atom. The first-order valence-corrected chi connectivity index (χ1v) is 25.8. The number of pyridine rings is 2. The number of carbonyl (C=O) groups excluding carboxylic acids is 1. The summed E-state index contributed by atoms with van der Waals surface area (Å²) in [5, 5.41) is 29.7. The molecule has 2 radical (unpaired) electrons. The van der Waals surface area contributed by atoms with Gasteiger partial charge in [-0.15, -0.1) is 10.2 Å². The molecule has 0 spiro atoms. The fraction of sp³-hybridized carbons (Fsp3) is 0.415. The summed E-state index contributed by atoms with van der Waals surface area (Å²) >= 11 is 14.0. The Morgan fingerprint density at radius 2 is 1.20 bits per heavy atom. The summed E-state index contributed by atoms with van der Waals surface area (Å²) in [6.45, 7) is 4.09. The van der Waals surface area contributed by atoms with E-state index in [9.17, 15) is 35.2 Å². The molecule has 0 aliphatic heterocycles. The Hall–Kier alpha value is -4.17. The van der Waals surface area contributed by atoms with Crippen LogP contribution in [0.15, 0.2) is 71.0 Å². The van der Waals surface area contributed by atoms with Gasteiger partial charge in [0.15, 0.2) is 11.6 Å². The molecule has 6 aromatic rings. The van der Waals surface area contributed by atoms with Crippen LogP contribution in [0.1, 0.15) is 72.0 Å². The molecule has 6 aliphatic carbocycles. The molecular weight excluding hydrogens is 1350 g/mol. The maximum atomic E-state index is 13.6. The number of nitrogens with zero attached hydrogens (tertiary/aromatic N) is 10. The molecule has 6 aromatic heterocycles. The van der Waals surface area contributed by atoms with Crippen molar-refractivity contribution in [1.29, 1.82) is 1.34 Å². The van der Waals surface area contributed by atoms with E-state index in [4.69, 9.17) is 45.6 Å². The van der Waals surface area contributed by atoms with Gasteiger partial charge in [-0.2, -0.15) is 10.2 Å². The minimum absolute atomic E-state index is 0. The number of halogens is 5. The fourth-order valence-electron chi connectivity index (χ4n) is 8.67. The van der Waals surface area contributed by atoms with Gasteiger partial charge in [-0.3, -0.25) is 14.2 Å². The zero-order chi connectivity index (χ0) is 53.2. The number of carboxylic acids is 1. The van der Waals surface area contributed by atoms with Gasteiger partial charge in [-0.25, -0.2) is 59.6 Å². The number of hydrogen-bond donors (Lipinski definition) is 3. The second-order valence-electron chi connectivity index (χ2n) is 17.4. The van der Waals surface area contributed by atoms with E-state index in [0.29, 0.717) is 91.4 Å². The van der Waals surface area contributed by atoms with Gasteiger partial charge >= 0.3 is 5.97 Å². The molecule has 0 saturated heterocycles. The second-order valence-corrected chi connectivity index (χ2v) is 21.3. The minimum atomic E-state index is -4.14. The van der Waals surface area contributed by atoms with Crippen molar-refractivity contribution in [3.05, 3.63) is 94.0 Å². The molecule has 12 rings (SSSR count). The van der Waals surface area contributed by atoms with Crippen LogP contribution in [0.5, 0.6) is 11.8 Å². The second kappa shape index (κ2) is 21.7. The van der Waals surface area contributed by atoms with Gasteiger partial charge in [0.1, 0.15) is 31.4 Å². The van der Waals surface area contributed by atoms with Gasteiger partial charge in [0.25, 0.3) is 15.9 Å². The summed E-state index contributed by atoms with van der Waals surface area (Å²) < 4.78 is 104. The topological polar surface area (TPSA) is 276 Å². The van der Waals surface area contributed by atoms with Crippen LogP contribution in [0.2, 0.25) is 10.3 Å². The van der Waals surface area contributed by atoms with E-state index in [-0.39, 0.29) is 73.2 Å². The number of aromatic carboxylic acids is 1. The van der Waals surface area contributed by atoms with E-state index in [1.54, 1.807) is 52.5 Å². The molecule has 1 amide bonds. The Bertz CT molecular complexity index is 3190. The number of hydrogen-bond acceptors (Lipinski definition) is 14. The normalized spacial score (nSPS) is 22.2. The zero-order valence-electron chi connectivity index (χ0n) is 40.2. The summed E-state index contributed by atoms with van der Waals surface area (Å²) in [6, 6.07) is 9.05. The largest absolute Gasteiger partial charge is 0.478 e. The van der Waals surface area contributed by atoms with Crippen LogP contribution in [0.4, 0.5) is 8.78 Å². The Labute approximate surface area is 458 Å². The molecular formula is C41H46BCl2F2IN12O9S2U. The number of carboxylic acid groups (broad SMARTS) is 1. The molecule has 378 valence electrons. The van der Waals surface area contributed by atoms with Crippen molar-refractivity contribution in [1.82, 2.24) is 53.8 Å². The van der Waals surface area contributed by atoms with E-state index in [1.165, 1.54) is 49.2 Å². The van der Waals surface area contributed by atoms with Crippen molar-refractivity contribution in [3.8, 4) is 23.4 Å². The molecule has 30 heteroatoms. The molecule has 6 saturated carbocycles. The van der Waals surface area contributed by atoms with Crippen LogP contribution >= 0.6 is 45.8 Å². The SMILES string of the molecule is Cc1c(S(=O)(=O)NC(=O)c2ccc(-n3ccc(OCC45CC(F)(C4)C5)n3)nc2Cl)cnn1C.Cc1c(S(N)(=O)=O)cnn1C.O=C(O)c1ccc(-n2ccc(OCC34CC(F)(C3)C4)n2)nc1Cl.[2H]CI.[2H][B].[U]. The smallest absolute Gasteiger partial charge is 0.338 e. The first-order valence-electron chi connectivity index (χ1n) is 21.7. The fourth-order valence-corrected chi connectivity index (χ4v) is 11.0. The average molecular weight is 1400 g/mol. The third-order valence-corrected chi connectivity index (χ3v) is 15.2. The molecule has 4 bridgehead atoms. The van der Waals surface area contributed by atoms with Crippen LogP contribution in [-0.2, 0) is 34.1 Å². The average Bonchev–Trinajstić information content (AvgIpc) is 4.09. The molecule has 6 aliphatic rings. The van der Waals surface area contributed by atoms with Gasteiger partial charge in [-0.1, -0.05) is 45.8 Å². The number of aromatic nitrogens is 10. The summed E-state index contributed by atoms with van der Waals surface area (Å²) in [5.41, 5.74) is -1.24. The van der Waals surface area contributed by atoms with Gasteiger partial charge in [0.2, 0.25) is 21.8 Å². The van der Waals surface area contributed by atoms with Crippen molar-refractivity contribution in [2.45, 2.75) is 73.5 Å². The minimum Gasteiger partial charge on any atom is -0.478 e. The molecule has 6 fully saturated rings. The Balaban J connectivity index is 0.000000214. The number of nitrogens with one attached hydrogen (secondary N) is 1. The third-order valence-electron chi connectivity index (χ3n) is 12.1. The van der Waals surface area contributed by atoms with E-state index in [1.807, 2.05) is 27.3 Å². The summed E-state index contributed by atoms with van der Waals surface area (Å²) in [5.74, 6) is -0.569. The van der Waals surface area contributed by atoms with Crippen LogP contribution < -0.4 is 19.3 Å².